The number of nitrogens with zero attached hydrogens (tertiary/aromatic N) is 1. The number of hydrogen-bond acceptors (Lipinski definition) is 4. The maximum atomic E-state index is 12.2. The minimum atomic E-state index is -3.74. The highest BCUT2D eigenvalue weighted by Crippen LogP contribution is 2.17. The van der Waals surface area contributed by atoms with Crippen LogP contribution in [0.3, 0.4) is 0 Å². The lowest BCUT2D eigenvalue weighted by Gasteiger charge is -2.25. The Hall–Kier alpha value is -1.91. The summed E-state index contributed by atoms with van der Waals surface area (Å²) in [5.74, 6) is -0.976. The van der Waals surface area contributed by atoms with Gasteiger partial charge in [-0.1, -0.05) is 0 Å². The summed E-state index contributed by atoms with van der Waals surface area (Å²) in [5, 5.41) is 17.3. The van der Waals surface area contributed by atoms with E-state index >= 15 is 0 Å². The predicted molar refractivity (Wildman–Crippen MR) is 72.4 cm³/mol. The van der Waals surface area contributed by atoms with E-state index in [4.69, 9.17) is 10.4 Å². The van der Waals surface area contributed by atoms with Gasteiger partial charge in [0.05, 0.1) is 16.5 Å². The second kappa shape index (κ2) is 6.03. The molecule has 0 bridgehead atoms. The van der Waals surface area contributed by atoms with Crippen molar-refractivity contribution in [3.8, 4) is 6.07 Å². The standard InChI is InChI=1S/C13H16N2O4S/c1-13(2,8-7-12(16)17)15-20(18,19)11-5-3-10(9-14)4-6-11/h3-6,15H,7-8H2,1-2H3,(H,16,17). The quantitative estimate of drug-likeness (QED) is 0.826. The van der Waals surface area contributed by atoms with E-state index in [-0.39, 0.29) is 17.7 Å². The molecule has 0 fully saturated rings. The molecule has 0 radical (unpaired) electrons. The van der Waals surface area contributed by atoms with Gasteiger partial charge in [-0.3, -0.25) is 4.79 Å². The molecule has 0 atom stereocenters. The highest BCUT2D eigenvalue weighted by atomic mass is 32.2. The molecular formula is C13H16N2O4S. The van der Waals surface area contributed by atoms with E-state index < -0.39 is 21.5 Å². The number of hydrogen-bond donors (Lipinski definition) is 2. The van der Waals surface area contributed by atoms with Crippen LogP contribution in [-0.4, -0.2) is 25.0 Å². The molecule has 0 heterocycles. The van der Waals surface area contributed by atoms with Crippen LogP contribution in [0.15, 0.2) is 29.2 Å². The van der Waals surface area contributed by atoms with E-state index in [0.717, 1.165) is 0 Å². The normalized spacial score (nSPS) is 11.8. The van der Waals surface area contributed by atoms with Gasteiger partial charge in [0, 0.05) is 12.0 Å². The first-order valence-electron chi connectivity index (χ1n) is 5.92. The van der Waals surface area contributed by atoms with E-state index in [1.807, 2.05) is 6.07 Å². The van der Waals surface area contributed by atoms with Gasteiger partial charge in [-0.05, 0) is 44.5 Å². The third-order valence-corrected chi connectivity index (χ3v) is 4.38. The second-order valence-corrected chi connectivity index (χ2v) is 6.70. The number of nitrogens with one attached hydrogen (secondary N) is 1. The lowest BCUT2D eigenvalue weighted by atomic mass is 10.0. The van der Waals surface area contributed by atoms with Crippen molar-refractivity contribution in [2.24, 2.45) is 0 Å². The predicted octanol–water partition coefficient (Wildman–Crippen LogP) is 1.48. The lowest BCUT2D eigenvalue weighted by Crippen LogP contribution is -2.43. The van der Waals surface area contributed by atoms with Crippen molar-refractivity contribution in [3.05, 3.63) is 29.8 Å². The van der Waals surface area contributed by atoms with Crippen LogP contribution in [0.1, 0.15) is 32.3 Å². The number of sulfonamides is 1. The molecule has 0 unspecified atom stereocenters. The number of nitriles is 1. The highest BCUT2D eigenvalue weighted by Gasteiger charge is 2.26. The van der Waals surface area contributed by atoms with E-state index in [2.05, 4.69) is 4.72 Å². The van der Waals surface area contributed by atoms with Crippen LogP contribution in [0.25, 0.3) is 0 Å². The molecule has 2 N–H and O–H groups in total. The summed E-state index contributed by atoms with van der Waals surface area (Å²) >= 11 is 0. The van der Waals surface area contributed by atoms with Gasteiger partial charge < -0.3 is 5.11 Å². The molecule has 0 aliphatic carbocycles. The molecule has 0 aliphatic rings. The molecule has 1 rings (SSSR count). The molecule has 20 heavy (non-hydrogen) atoms. The Labute approximate surface area is 118 Å². The van der Waals surface area contributed by atoms with Crippen molar-refractivity contribution < 1.29 is 18.3 Å². The van der Waals surface area contributed by atoms with Crippen molar-refractivity contribution in [1.82, 2.24) is 4.72 Å². The van der Waals surface area contributed by atoms with E-state index in [9.17, 15) is 13.2 Å². The molecular weight excluding hydrogens is 280 g/mol. The number of carboxylic acid groups (broad SMARTS) is 1. The number of carbonyl (C=O) groups is 1. The number of aliphatic carboxylic acids is 1. The Balaban J connectivity index is 2.88. The molecule has 0 saturated carbocycles. The lowest BCUT2D eigenvalue weighted by molar-refractivity contribution is -0.137. The SMILES string of the molecule is CC(C)(CCC(=O)O)NS(=O)(=O)c1ccc(C#N)cc1. The summed E-state index contributed by atoms with van der Waals surface area (Å²) in [4.78, 5) is 10.6. The first kappa shape index (κ1) is 16.1. The van der Waals surface area contributed by atoms with Crippen molar-refractivity contribution in [1.29, 1.82) is 5.26 Å². The first-order valence-corrected chi connectivity index (χ1v) is 7.40. The van der Waals surface area contributed by atoms with Gasteiger partial charge in [-0.15, -0.1) is 0 Å². The van der Waals surface area contributed by atoms with Crippen LogP contribution in [0.2, 0.25) is 0 Å². The topological polar surface area (TPSA) is 107 Å². The van der Waals surface area contributed by atoms with Gasteiger partial charge in [0.2, 0.25) is 10.0 Å². The molecule has 1 aromatic carbocycles. The van der Waals surface area contributed by atoms with Gasteiger partial charge >= 0.3 is 5.97 Å². The Bertz CT molecular complexity index is 627. The zero-order valence-electron chi connectivity index (χ0n) is 11.3. The fraction of sp³-hybridized carbons (Fsp3) is 0.385. The van der Waals surface area contributed by atoms with E-state index in [1.165, 1.54) is 24.3 Å². The van der Waals surface area contributed by atoms with Crippen LogP contribution in [-0.2, 0) is 14.8 Å². The number of rotatable bonds is 6. The number of carboxylic acids is 1. The minimum Gasteiger partial charge on any atom is -0.481 e. The summed E-state index contributed by atoms with van der Waals surface area (Å²) in [6.07, 6.45) is 0.0563. The average molecular weight is 296 g/mol. The summed E-state index contributed by atoms with van der Waals surface area (Å²) < 4.78 is 26.8. The summed E-state index contributed by atoms with van der Waals surface area (Å²) in [5.41, 5.74) is -0.500. The van der Waals surface area contributed by atoms with Gasteiger partial charge in [0.25, 0.3) is 0 Å². The van der Waals surface area contributed by atoms with E-state index in [0.29, 0.717) is 5.56 Å². The molecule has 0 spiro atoms. The Morgan fingerprint density at radius 1 is 1.35 bits per heavy atom. The zero-order valence-corrected chi connectivity index (χ0v) is 12.1. The minimum absolute atomic E-state index is 0.0416. The Morgan fingerprint density at radius 2 is 1.90 bits per heavy atom. The molecule has 6 nitrogen and oxygen atoms in total. The zero-order chi connectivity index (χ0) is 15.4. The molecule has 1 aromatic rings. The van der Waals surface area contributed by atoms with Gasteiger partial charge in [-0.2, -0.15) is 5.26 Å². The first-order chi connectivity index (χ1) is 9.16. The molecule has 0 aliphatic heterocycles. The number of benzene rings is 1. The van der Waals surface area contributed by atoms with Crippen LogP contribution < -0.4 is 4.72 Å². The average Bonchev–Trinajstić information content (AvgIpc) is 2.35. The van der Waals surface area contributed by atoms with Crippen molar-refractivity contribution in [2.45, 2.75) is 37.1 Å². The largest absolute Gasteiger partial charge is 0.481 e. The van der Waals surface area contributed by atoms with Crippen LogP contribution in [0, 0.1) is 11.3 Å². The van der Waals surface area contributed by atoms with Gasteiger partial charge in [0.1, 0.15) is 0 Å². The van der Waals surface area contributed by atoms with Gasteiger partial charge in [-0.25, -0.2) is 13.1 Å². The maximum absolute atomic E-state index is 12.2. The third kappa shape index (κ3) is 4.64. The fourth-order valence-corrected chi connectivity index (χ4v) is 3.04. The molecule has 0 aromatic heterocycles. The summed E-state index contributed by atoms with van der Waals surface area (Å²) in [7, 11) is -3.74. The summed E-state index contributed by atoms with van der Waals surface area (Å²) in [6, 6.07) is 7.42. The molecule has 7 heteroatoms. The van der Waals surface area contributed by atoms with Crippen molar-refractivity contribution >= 4 is 16.0 Å². The maximum Gasteiger partial charge on any atom is 0.303 e. The Morgan fingerprint density at radius 3 is 2.35 bits per heavy atom. The monoisotopic (exact) mass is 296 g/mol. The van der Waals surface area contributed by atoms with Gasteiger partial charge in [0.15, 0.2) is 0 Å². The summed E-state index contributed by atoms with van der Waals surface area (Å²) in [6.45, 7) is 3.24. The van der Waals surface area contributed by atoms with Crippen LogP contribution in [0.5, 0.6) is 0 Å². The molecule has 0 saturated heterocycles. The van der Waals surface area contributed by atoms with Crippen molar-refractivity contribution in [3.63, 3.8) is 0 Å². The van der Waals surface area contributed by atoms with E-state index in [1.54, 1.807) is 13.8 Å². The fourth-order valence-electron chi connectivity index (χ4n) is 1.60. The van der Waals surface area contributed by atoms with Crippen LogP contribution >= 0.6 is 0 Å². The highest BCUT2D eigenvalue weighted by molar-refractivity contribution is 7.89. The van der Waals surface area contributed by atoms with Crippen LogP contribution in [0.4, 0.5) is 0 Å². The third-order valence-electron chi connectivity index (χ3n) is 2.67. The molecule has 108 valence electrons. The Kier molecular flexibility index (Phi) is 4.87. The smallest absolute Gasteiger partial charge is 0.303 e. The van der Waals surface area contributed by atoms with Crippen molar-refractivity contribution in [2.75, 3.05) is 0 Å². The molecule has 0 amide bonds. The second-order valence-electron chi connectivity index (χ2n) is 5.02.